The summed E-state index contributed by atoms with van der Waals surface area (Å²) < 4.78 is 13.1. The first-order valence-corrected chi connectivity index (χ1v) is 7.43. The summed E-state index contributed by atoms with van der Waals surface area (Å²) >= 11 is 1.45. The minimum Gasteiger partial charge on any atom is -0.294 e. The third kappa shape index (κ3) is 2.78. The summed E-state index contributed by atoms with van der Waals surface area (Å²) in [5, 5.41) is 0. The molecule has 3 heteroatoms. The zero-order chi connectivity index (χ0) is 14.8. The van der Waals surface area contributed by atoms with Crippen LogP contribution in [0.3, 0.4) is 0 Å². The van der Waals surface area contributed by atoms with Crippen LogP contribution < -0.4 is 0 Å². The number of Topliss-reactive ketones (excluding diaryl/α,β-unsaturated/α-hetero) is 1. The molecule has 0 amide bonds. The molecular weight excluding hydrogens is 283 g/mol. The van der Waals surface area contributed by atoms with Crippen LogP contribution >= 0.6 is 11.3 Å². The zero-order valence-corrected chi connectivity index (χ0v) is 12.3. The first kappa shape index (κ1) is 13.7. The first-order chi connectivity index (χ1) is 10.1. The average molecular weight is 296 g/mol. The van der Waals surface area contributed by atoms with Crippen molar-refractivity contribution in [1.82, 2.24) is 0 Å². The van der Waals surface area contributed by atoms with E-state index < -0.39 is 0 Å². The summed E-state index contributed by atoms with van der Waals surface area (Å²) in [4.78, 5) is 13.4. The molecule has 1 nitrogen and oxygen atoms in total. The molecule has 0 saturated carbocycles. The van der Waals surface area contributed by atoms with Crippen molar-refractivity contribution in [2.24, 2.45) is 0 Å². The summed E-state index contributed by atoms with van der Waals surface area (Å²) in [6.45, 7) is 1.56. The fraction of sp³-hybridized carbons (Fsp3) is 0.0556. The van der Waals surface area contributed by atoms with Crippen molar-refractivity contribution in [2.75, 3.05) is 0 Å². The van der Waals surface area contributed by atoms with Crippen molar-refractivity contribution in [3.63, 3.8) is 0 Å². The molecule has 0 aliphatic carbocycles. The highest BCUT2D eigenvalue weighted by Gasteiger charge is 2.15. The smallest absolute Gasteiger partial charge is 0.169 e. The van der Waals surface area contributed by atoms with Crippen molar-refractivity contribution >= 4 is 17.1 Å². The third-order valence-corrected chi connectivity index (χ3v) is 4.56. The van der Waals surface area contributed by atoms with Crippen LogP contribution in [0.15, 0.2) is 60.7 Å². The van der Waals surface area contributed by atoms with E-state index in [4.69, 9.17) is 0 Å². The van der Waals surface area contributed by atoms with Gasteiger partial charge in [-0.3, -0.25) is 4.79 Å². The topological polar surface area (TPSA) is 17.1 Å². The first-order valence-electron chi connectivity index (χ1n) is 6.61. The van der Waals surface area contributed by atoms with E-state index in [1.165, 1.54) is 23.5 Å². The van der Waals surface area contributed by atoms with Crippen LogP contribution in [0.25, 0.3) is 21.6 Å². The maximum atomic E-state index is 13.1. The van der Waals surface area contributed by atoms with E-state index in [1.54, 1.807) is 19.1 Å². The molecule has 104 valence electrons. The minimum absolute atomic E-state index is 0.0468. The van der Waals surface area contributed by atoms with Crippen molar-refractivity contribution in [3.05, 3.63) is 71.4 Å². The lowest BCUT2D eigenvalue weighted by molar-refractivity contribution is 0.102. The molecule has 0 aliphatic rings. The molecule has 0 spiro atoms. The normalized spacial score (nSPS) is 10.6. The maximum absolute atomic E-state index is 13.1. The fourth-order valence-electron chi connectivity index (χ4n) is 2.21. The van der Waals surface area contributed by atoms with Crippen molar-refractivity contribution in [1.29, 1.82) is 0 Å². The second-order valence-electron chi connectivity index (χ2n) is 4.78. The van der Waals surface area contributed by atoms with Gasteiger partial charge in [-0.2, -0.15) is 0 Å². The summed E-state index contributed by atoms with van der Waals surface area (Å²) in [6, 6.07) is 18.2. The van der Waals surface area contributed by atoms with Gasteiger partial charge in [0.25, 0.3) is 0 Å². The lowest BCUT2D eigenvalue weighted by Crippen LogP contribution is -1.84. The summed E-state index contributed by atoms with van der Waals surface area (Å²) in [6.07, 6.45) is 0. The molecule has 21 heavy (non-hydrogen) atoms. The average Bonchev–Trinajstić information content (AvgIpc) is 2.94. The Morgan fingerprint density at radius 1 is 0.952 bits per heavy atom. The van der Waals surface area contributed by atoms with Gasteiger partial charge in [0, 0.05) is 10.4 Å². The van der Waals surface area contributed by atoms with E-state index in [1.807, 2.05) is 36.4 Å². The van der Waals surface area contributed by atoms with E-state index in [-0.39, 0.29) is 11.6 Å². The number of carbonyl (C=O) groups excluding carboxylic acids is 1. The molecule has 0 radical (unpaired) electrons. The predicted octanol–water partition coefficient (Wildman–Crippen LogP) is 5.42. The van der Waals surface area contributed by atoms with Gasteiger partial charge >= 0.3 is 0 Å². The molecule has 2 aromatic carbocycles. The Balaban J connectivity index is 2.19. The van der Waals surface area contributed by atoms with E-state index in [0.29, 0.717) is 4.88 Å². The predicted molar refractivity (Wildman–Crippen MR) is 85.2 cm³/mol. The van der Waals surface area contributed by atoms with Crippen LogP contribution in [0.2, 0.25) is 0 Å². The highest BCUT2D eigenvalue weighted by atomic mass is 32.1. The summed E-state index contributed by atoms with van der Waals surface area (Å²) in [7, 11) is 0. The second-order valence-corrected chi connectivity index (χ2v) is 5.83. The molecule has 0 fully saturated rings. The number of hydrogen-bond acceptors (Lipinski definition) is 2. The SMILES string of the molecule is CC(=O)c1cc(-c2ccccc2)c(-c2ccc(F)cc2)s1. The third-order valence-electron chi connectivity index (χ3n) is 3.27. The molecule has 0 atom stereocenters. The van der Waals surface area contributed by atoms with Gasteiger partial charge in [0.15, 0.2) is 5.78 Å². The quantitative estimate of drug-likeness (QED) is 0.589. The number of halogens is 1. The van der Waals surface area contributed by atoms with Crippen LogP contribution in [-0.2, 0) is 0 Å². The molecule has 3 aromatic rings. The van der Waals surface area contributed by atoms with Gasteiger partial charge in [0.05, 0.1) is 4.88 Å². The highest BCUT2D eigenvalue weighted by molar-refractivity contribution is 7.18. The van der Waals surface area contributed by atoms with Crippen LogP contribution in [0.4, 0.5) is 4.39 Å². The van der Waals surface area contributed by atoms with Gasteiger partial charge in [-0.25, -0.2) is 4.39 Å². The van der Waals surface area contributed by atoms with E-state index in [0.717, 1.165) is 21.6 Å². The fourth-order valence-corrected chi connectivity index (χ4v) is 3.29. The van der Waals surface area contributed by atoms with Crippen molar-refractivity contribution in [3.8, 4) is 21.6 Å². The number of ketones is 1. The number of carbonyl (C=O) groups is 1. The van der Waals surface area contributed by atoms with Crippen molar-refractivity contribution in [2.45, 2.75) is 6.92 Å². The Bertz CT molecular complexity index is 773. The largest absolute Gasteiger partial charge is 0.294 e. The summed E-state index contributed by atoms with van der Waals surface area (Å²) in [5.74, 6) is -0.214. The number of thiophene rings is 1. The molecule has 1 aromatic heterocycles. The highest BCUT2D eigenvalue weighted by Crippen LogP contribution is 2.39. The monoisotopic (exact) mass is 296 g/mol. The van der Waals surface area contributed by atoms with Crippen LogP contribution in [-0.4, -0.2) is 5.78 Å². The summed E-state index contributed by atoms with van der Waals surface area (Å²) in [5.41, 5.74) is 2.99. The maximum Gasteiger partial charge on any atom is 0.169 e. The molecule has 0 bridgehead atoms. The van der Waals surface area contributed by atoms with Gasteiger partial charge in [0.1, 0.15) is 5.82 Å². The minimum atomic E-state index is -0.261. The van der Waals surface area contributed by atoms with Crippen LogP contribution in [0.5, 0.6) is 0 Å². The Labute approximate surface area is 126 Å². The second kappa shape index (κ2) is 5.62. The number of rotatable bonds is 3. The van der Waals surface area contributed by atoms with Crippen LogP contribution in [0.1, 0.15) is 16.6 Å². The van der Waals surface area contributed by atoms with E-state index in [2.05, 4.69) is 0 Å². The molecular formula is C18H13FOS. The Morgan fingerprint density at radius 2 is 1.62 bits per heavy atom. The Hall–Kier alpha value is -2.26. The molecule has 0 unspecified atom stereocenters. The van der Waals surface area contributed by atoms with Crippen LogP contribution in [0, 0.1) is 5.82 Å². The number of hydrogen-bond donors (Lipinski definition) is 0. The standard InChI is InChI=1S/C18H13FOS/c1-12(20)17-11-16(13-5-3-2-4-6-13)18(21-17)14-7-9-15(19)10-8-14/h2-11H,1H3. The Morgan fingerprint density at radius 3 is 2.24 bits per heavy atom. The van der Waals surface area contributed by atoms with Gasteiger partial charge in [0.2, 0.25) is 0 Å². The van der Waals surface area contributed by atoms with Gasteiger partial charge in [-0.15, -0.1) is 11.3 Å². The lowest BCUT2D eigenvalue weighted by Gasteiger charge is -2.04. The number of benzene rings is 2. The molecule has 1 heterocycles. The Kier molecular flexibility index (Phi) is 3.67. The van der Waals surface area contributed by atoms with Gasteiger partial charge in [-0.1, -0.05) is 42.5 Å². The van der Waals surface area contributed by atoms with E-state index >= 15 is 0 Å². The molecule has 0 aliphatic heterocycles. The molecule has 0 saturated heterocycles. The van der Waals surface area contributed by atoms with Gasteiger partial charge < -0.3 is 0 Å². The lowest BCUT2D eigenvalue weighted by atomic mass is 10.0. The van der Waals surface area contributed by atoms with Crippen molar-refractivity contribution < 1.29 is 9.18 Å². The van der Waals surface area contributed by atoms with E-state index in [9.17, 15) is 9.18 Å². The zero-order valence-electron chi connectivity index (χ0n) is 11.5. The molecule has 0 N–H and O–H groups in total. The van der Waals surface area contributed by atoms with Gasteiger partial charge in [-0.05, 0) is 36.2 Å². The molecule has 3 rings (SSSR count).